The van der Waals surface area contributed by atoms with Crippen molar-refractivity contribution in [3.63, 3.8) is 0 Å². The van der Waals surface area contributed by atoms with Gasteiger partial charge in [-0.1, -0.05) is 0 Å². The molecule has 1 saturated heterocycles. The third-order valence-electron chi connectivity index (χ3n) is 3.95. The molecule has 2 fully saturated rings. The molecule has 0 aromatic heterocycles. The van der Waals surface area contributed by atoms with Crippen LogP contribution in [0.2, 0.25) is 0 Å². The Balaban J connectivity index is 0.00000243. The van der Waals surface area contributed by atoms with Crippen LogP contribution in [-0.2, 0) is 14.3 Å². The van der Waals surface area contributed by atoms with Crippen molar-refractivity contribution in [2.75, 3.05) is 38.7 Å². The van der Waals surface area contributed by atoms with E-state index in [1.807, 2.05) is 0 Å². The highest BCUT2D eigenvalue weighted by Crippen LogP contribution is 2.30. The maximum absolute atomic E-state index is 12.2. The highest BCUT2D eigenvalue weighted by Gasteiger charge is 2.24. The molecule has 2 aliphatic rings. The lowest BCUT2D eigenvalue weighted by atomic mass is 10.2. The van der Waals surface area contributed by atoms with Gasteiger partial charge in [0.1, 0.15) is 6.10 Å². The van der Waals surface area contributed by atoms with E-state index in [4.69, 9.17) is 14.2 Å². The zero-order valence-electron chi connectivity index (χ0n) is 14.6. The van der Waals surface area contributed by atoms with Crippen LogP contribution >= 0.6 is 12.4 Å². The van der Waals surface area contributed by atoms with E-state index in [0.717, 1.165) is 19.4 Å². The van der Waals surface area contributed by atoms with Gasteiger partial charge in [0.15, 0.2) is 18.1 Å². The van der Waals surface area contributed by atoms with Crippen LogP contribution in [0.3, 0.4) is 0 Å². The first kappa shape index (κ1) is 20.3. The largest absolute Gasteiger partial charge is 0.493 e. The average molecular weight is 386 g/mol. The maximum atomic E-state index is 12.2. The summed E-state index contributed by atoms with van der Waals surface area (Å²) < 4.78 is 16.2. The van der Waals surface area contributed by atoms with E-state index in [9.17, 15) is 9.59 Å². The fourth-order valence-corrected chi connectivity index (χ4v) is 2.46. The molecule has 8 nitrogen and oxygen atoms in total. The van der Waals surface area contributed by atoms with Crippen LogP contribution in [0, 0.1) is 0 Å². The van der Waals surface area contributed by atoms with Crippen LogP contribution in [-0.4, -0.2) is 57.4 Å². The number of methoxy groups -OCH3 is 1. The van der Waals surface area contributed by atoms with E-state index in [2.05, 4.69) is 16.0 Å². The second kappa shape index (κ2) is 9.61. The Morgan fingerprint density at radius 1 is 1.31 bits per heavy atom. The van der Waals surface area contributed by atoms with E-state index >= 15 is 0 Å². The number of hydrogen-bond donors (Lipinski definition) is 3. The number of halogens is 1. The molecule has 1 unspecified atom stereocenters. The van der Waals surface area contributed by atoms with E-state index in [1.54, 1.807) is 18.2 Å². The third-order valence-corrected chi connectivity index (χ3v) is 3.95. The molecule has 1 heterocycles. The highest BCUT2D eigenvalue weighted by molar-refractivity contribution is 5.94. The number of rotatable bonds is 7. The number of carbonyl (C=O) groups excluding carboxylic acids is 2. The summed E-state index contributed by atoms with van der Waals surface area (Å²) in [6.45, 7) is 1.63. The normalized spacial score (nSPS) is 19.0. The van der Waals surface area contributed by atoms with Crippen molar-refractivity contribution in [1.82, 2.24) is 10.6 Å². The standard InChI is InChI=1S/C17H23N3O5.ClH/c1-23-13-5-4-12(20-17(22)15-9-18-6-7-24-15)8-14(13)25-10-16(21)19-11-2-3-11;/h4-5,8,11,15,18H,2-3,6-7,9-10H2,1H3,(H,19,21)(H,20,22);1H. The number of morpholine rings is 1. The zero-order valence-corrected chi connectivity index (χ0v) is 15.4. The predicted octanol–water partition coefficient (Wildman–Crippen LogP) is 0.701. The summed E-state index contributed by atoms with van der Waals surface area (Å²) in [5.41, 5.74) is 0.553. The maximum Gasteiger partial charge on any atom is 0.258 e. The van der Waals surface area contributed by atoms with E-state index in [0.29, 0.717) is 30.3 Å². The molecule has 1 atom stereocenters. The summed E-state index contributed by atoms with van der Waals surface area (Å²) in [6, 6.07) is 5.32. The van der Waals surface area contributed by atoms with Crippen LogP contribution < -0.4 is 25.4 Å². The molecule has 3 rings (SSSR count). The number of nitrogens with one attached hydrogen (secondary N) is 3. The molecule has 1 aromatic carbocycles. The van der Waals surface area contributed by atoms with Crippen LogP contribution in [0.15, 0.2) is 18.2 Å². The fraction of sp³-hybridized carbons (Fsp3) is 0.529. The minimum absolute atomic E-state index is 0. The number of benzene rings is 1. The lowest BCUT2D eigenvalue weighted by Gasteiger charge is -2.23. The van der Waals surface area contributed by atoms with Crippen molar-refractivity contribution < 1.29 is 23.8 Å². The Morgan fingerprint density at radius 2 is 2.12 bits per heavy atom. The lowest BCUT2D eigenvalue weighted by Crippen LogP contribution is -2.45. The first-order valence-corrected chi connectivity index (χ1v) is 8.39. The molecule has 2 amide bonds. The van der Waals surface area contributed by atoms with Crippen molar-refractivity contribution in [3.8, 4) is 11.5 Å². The first-order chi connectivity index (χ1) is 12.2. The van der Waals surface area contributed by atoms with E-state index < -0.39 is 6.10 Å². The SMILES string of the molecule is COc1ccc(NC(=O)C2CNCCO2)cc1OCC(=O)NC1CC1.Cl. The van der Waals surface area contributed by atoms with Crippen LogP contribution in [0.5, 0.6) is 11.5 Å². The summed E-state index contributed by atoms with van der Waals surface area (Å²) in [7, 11) is 1.52. The Kier molecular flexibility index (Phi) is 7.50. The number of carbonyl (C=O) groups is 2. The van der Waals surface area contributed by atoms with Gasteiger partial charge in [-0.3, -0.25) is 9.59 Å². The minimum atomic E-state index is -0.524. The molecule has 1 aliphatic heterocycles. The van der Waals surface area contributed by atoms with Gasteiger partial charge in [0.2, 0.25) is 0 Å². The smallest absolute Gasteiger partial charge is 0.258 e. The zero-order chi connectivity index (χ0) is 17.6. The van der Waals surface area contributed by atoms with Crippen molar-refractivity contribution in [2.45, 2.75) is 25.0 Å². The summed E-state index contributed by atoms with van der Waals surface area (Å²) >= 11 is 0. The lowest BCUT2D eigenvalue weighted by molar-refractivity contribution is -0.128. The highest BCUT2D eigenvalue weighted by atomic mass is 35.5. The molecule has 9 heteroatoms. The molecule has 1 saturated carbocycles. The third kappa shape index (κ3) is 5.76. The number of hydrogen-bond acceptors (Lipinski definition) is 6. The van der Waals surface area contributed by atoms with Gasteiger partial charge in [0.05, 0.1) is 13.7 Å². The van der Waals surface area contributed by atoms with Gasteiger partial charge in [0.25, 0.3) is 11.8 Å². The summed E-state index contributed by atoms with van der Waals surface area (Å²) in [6.07, 6.45) is 1.52. The van der Waals surface area contributed by atoms with Crippen molar-refractivity contribution in [3.05, 3.63) is 18.2 Å². The second-order valence-electron chi connectivity index (χ2n) is 6.05. The molecule has 26 heavy (non-hydrogen) atoms. The predicted molar refractivity (Wildman–Crippen MR) is 98.1 cm³/mol. The minimum Gasteiger partial charge on any atom is -0.493 e. The number of anilines is 1. The summed E-state index contributed by atoms with van der Waals surface area (Å²) in [5, 5.41) is 8.76. The topological polar surface area (TPSA) is 97.9 Å². The Morgan fingerprint density at radius 3 is 2.77 bits per heavy atom. The first-order valence-electron chi connectivity index (χ1n) is 8.39. The van der Waals surface area contributed by atoms with Gasteiger partial charge in [-0.05, 0) is 25.0 Å². The van der Waals surface area contributed by atoms with Crippen molar-refractivity contribution in [2.24, 2.45) is 0 Å². The molecule has 0 radical (unpaired) electrons. The molecule has 1 aliphatic carbocycles. The number of ether oxygens (including phenoxy) is 3. The van der Waals surface area contributed by atoms with Gasteiger partial charge in [-0.25, -0.2) is 0 Å². The van der Waals surface area contributed by atoms with Gasteiger partial charge < -0.3 is 30.2 Å². The van der Waals surface area contributed by atoms with Gasteiger partial charge in [-0.15, -0.1) is 12.4 Å². The molecule has 0 bridgehead atoms. The monoisotopic (exact) mass is 385 g/mol. The van der Waals surface area contributed by atoms with Gasteiger partial charge in [0, 0.05) is 30.9 Å². The number of amides is 2. The summed E-state index contributed by atoms with van der Waals surface area (Å²) in [4.78, 5) is 24.0. The van der Waals surface area contributed by atoms with Gasteiger partial charge in [-0.2, -0.15) is 0 Å². The molecule has 3 N–H and O–H groups in total. The van der Waals surface area contributed by atoms with Crippen molar-refractivity contribution >= 4 is 29.9 Å². The van der Waals surface area contributed by atoms with Crippen molar-refractivity contribution in [1.29, 1.82) is 0 Å². The van der Waals surface area contributed by atoms with E-state index in [1.165, 1.54) is 7.11 Å². The Bertz CT molecular complexity index is 633. The quantitative estimate of drug-likeness (QED) is 0.639. The molecule has 144 valence electrons. The van der Waals surface area contributed by atoms with Gasteiger partial charge >= 0.3 is 0 Å². The Labute approximate surface area is 158 Å². The molecular weight excluding hydrogens is 362 g/mol. The van der Waals surface area contributed by atoms with Crippen LogP contribution in [0.1, 0.15) is 12.8 Å². The average Bonchev–Trinajstić information content (AvgIpc) is 3.45. The van der Waals surface area contributed by atoms with Crippen LogP contribution in [0.4, 0.5) is 5.69 Å². The molecule has 0 spiro atoms. The second-order valence-corrected chi connectivity index (χ2v) is 6.05. The van der Waals surface area contributed by atoms with Crippen LogP contribution in [0.25, 0.3) is 0 Å². The molecule has 1 aromatic rings. The summed E-state index contributed by atoms with van der Waals surface area (Å²) in [5.74, 6) is 0.497. The Hall–Kier alpha value is -2.03. The fourth-order valence-electron chi connectivity index (χ4n) is 2.46. The van der Waals surface area contributed by atoms with E-state index in [-0.39, 0.29) is 36.9 Å². The molecular formula is C17H24ClN3O5.